The Morgan fingerprint density at radius 1 is 1.21 bits per heavy atom. The Morgan fingerprint density at radius 2 is 1.62 bits per heavy atom. The van der Waals surface area contributed by atoms with Gasteiger partial charge in [-0.2, -0.15) is 21.6 Å². The molecule has 0 aliphatic heterocycles. The van der Waals surface area contributed by atoms with Gasteiger partial charge in [-0.05, 0) is 6.42 Å². The van der Waals surface area contributed by atoms with E-state index in [9.17, 15) is 21.6 Å². The first-order valence-corrected chi connectivity index (χ1v) is 8.72. The van der Waals surface area contributed by atoms with Crippen LogP contribution in [0.1, 0.15) is 37.0 Å². The molecule has 1 rings (SSSR count). The van der Waals surface area contributed by atoms with Crippen molar-refractivity contribution in [1.82, 2.24) is 4.98 Å². The van der Waals surface area contributed by atoms with Crippen molar-refractivity contribution in [3.63, 3.8) is 0 Å². The number of aryl methyl sites for hydroxylation is 1. The molecule has 0 saturated heterocycles. The number of H-pyrrole nitrogens is 1. The largest absolute Gasteiger partial charge is 0.726 e. The maximum Gasteiger partial charge on any atom is 0.496 e. The average molecular weight is 421 g/mol. The van der Waals surface area contributed by atoms with Gasteiger partial charge in [-0.1, -0.05) is 17.3 Å². The van der Waals surface area contributed by atoms with Crippen LogP contribution < -0.4 is 3.97 Å². The van der Waals surface area contributed by atoms with Crippen molar-refractivity contribution in [3.8, 4) is 0 Å². The van der Waals surface area contributed by atoms with Crippen LogP contribution in [0.25, 0.3) is 0 Å². The smallest absolute Gasteiger partial charge is 0.496 e. The van der Waals surface area contributed by atoms with E-state index in [0.29, 0.717) is 6.42 Å². The quantitative estimate of drug-likeness (QED) is 0.374. The van der Waals surface area contributed by atoms with Gasteiger partial charge < -0.3 is 4.55 Å². The number of aromatic amines is 1. The van der Waals surface area contributed by atoms with E-state index in [0.717, 1.165) is 6.42 Å². The van der Waals surface area contributed by atoms with Crippen molar-refractivity contribution in [2.24, 2.45) is 0 Å². The summed E-state index contributed by atoms with van der Waals surface area (Å²) in [7, 11) is -9.90. The molecule has 3 N–H and O–H groups in total. The van der Waals surface area contributed by atoms with Gasteiger partial charge in [0.1, 0.15) is 5.69 Å². The molecule has 0 aromatic carbocycles. The van der Waals surface area contributed by atoms with Crippen LogP contribution in [0.5, 0.6) is 0 Å². The summed E-state index contributed by atoms with van der Waals surface area (Å²) in [5, 5.41) is 0. The molecule has 0 amide bonds. The van der Waals surface area contributed by atoms with Gasteiger partial charge in [0.05, 0.1) is 0 Å². The highest BCUT2D eigenvalue weighted by atomic mass is 35.5. The van der Waals surface area contributed by atoms with Gasteiger partial charge in [0.2, 0.25) is 10.4 Å². The Morgan fingerprint density at radius 3 is 1.88 bits per heavy atom. The Kier molecular flexibility index (Phi) is 9.45. The molecule has 0 unspecified atom stereocenters. The van der Waals surface area contributed by atoms with Crippen LogP contribution in [0, 0.1) is 6.92 Å². The number of hydrogen-bond donors (Lipinski definition) is 3. The fourth-order valence-electron chi connectivity index (χ4n) is 1.65. The molecule has 1 aromatic rings. The third-order valence-electron chi connectivity index (χ3n) is 2.49. The number of rotatable bonds is 4. The van der Waals surface area contributed by atoms with Crippen LogP contribution in [0.4, 0.5) is 13.2 Å². The molecular formula is C9H16ClF3N2O7S2. The lowest BCUT2D eigenvalue weighted by atomic mass is 10.2. The summed E-state index contributed by atoms with van der Waals surface area (Å²) in [6.07, 6.45) is -3.23. The Hall–Kier alpha value is -0.930. The first-order chi connectivity index (χ1) is 10.1. The standard InChI is InChI=1S/C9H13F3N2O3S.ClH.H2O4S/c1-3-4-5-7-6(2)14(18(15,16)17)8(13-7)9(10,11)12;;1-5(2,3)4/h3-5H2,1-2H3,(H,15,16,17);1H;(H2,1,2,3,4). The van der Waals surface area contributed by atoms with Gasteiger partial charge in [-0.3, -0.25) is 9.11 Å². The Balaban J connectivity index is 0. The molecule has 0 radical (unpaired) electrons. The molecule has 1 aromatic heterocycles. The van der Waals surface area contributed by atoms with Gasteiger partial charge in [0, 0.05) is 13.3 Å². The number of unbranched alkanes of at least 4 members (excludes halogenated alkanes) is 1. The van der Waals surface area contributed by atoms with Crippen LogP contribution >= 0.6 is 12.4 Å². The highest BCUT2D eigenvalue weighted by Crippen LogP contribution is 2.27. The topological polar surface area (TPSA) is 151 Å². The van der Waals surface area contributed by atoms with E-state index in [1.807, 2.05) is 11.9 Å². The monoisotopic (exact) mass is 420 g/mol. The van der Waals surface area contributed by atoms with Crippen molar-refractivity contribution in [1.29, 1.82) is 0 Å². The summed E-state index contributed by atoms with van der Waals surface area (Å²) in [5.41, 5.74) is 0.0000694. The van der Waals surface area contributed by atoms with E-state index in [1.54, 1.807) is 0 Å². The molecule has 0 saturated carbocycles. The number of aromatic nitrogens is 2. The molecule has 0 fully saturated rings. The van der Waals surface area contributed by atoms with E-state index in [2.05, 4.69) is 0 Å². The Labute approximate surface area is 142 Å². The summed E-state index contributed by atoms with van der Waals surface area (Å²) in [6, 6.07) is 0. The van der Waals surface area contributed by atoms with Crippen molar-refractivity contribution in [3.05, 3.63) is 17.2 Å². The summed E-state index contributed by atoms with van der Waals surface area (Å²) < 4.78 is 102. The molecule has 0 atom stereocenters. The maximum atomic E-state index is 12.7. The SMILES string of the molecule is CCCCc1[nH]c(C(F)(F)F)[n+](S(=O)(=O)O)c1C.Cl.O=S(=O)([O-])O. The first kappa shape index (κ1) is 25.3. The van der Waals surface area contributed by atoms with E-state index in [4.69, 9.17) is 22.1 Å². The minimum atomic E-state index is -4.99. The van der Waals surface area contributed by atoms with Crippen LogP contribution in [0.3, 0.4) is 0 Å². The van der Waals surface area contributed by atoms with Crippen LogP contribution in [-0.4, -0.2) is 35.5 Å². The molecule has 9 nitrogen and oxygen atoms in total. The van der Waals surface area contributed by atoms with Crippen molar-refractivity contribution < 1.29 is 47.6 Å². The van der Waals surface area contributed by atoms with Crippen LogP contribution in [0.2, 0.25) is 0 Å². The minimum absolute atomic E-state index is 0. The highest BCUT2D eigenvalue weighted by Gasteiger charge is 2.48. The summed E-state index contributed by atoms with van der Waals surface area (Å²) in [6.45, 7) is 3.07. The molecule has 0 bridgehead atoms. The second-order valence-electron chi connectivity index (χ2n) is 4.31. The normalized spacial score (nSPS) is 12.2. The van der Waals surface area contributed by atoms with Gasteiger partial charge in [0.15, 0.2) is 5.69 Å². The zero-order chi connectivity index (χ0) is 18.6. The van der Waals surface area contributed by atoms with Gasteiger partial charge in [-0.15, -0.1) is 12.4 Å². The first-order valence-electron chi connectivity index (χ1n) is 5.96. The zero-order valence-electron chi connectivity index (χ0n) is 12.4. The van der Waals surface area contributed by atoms with Gasteiger partial charge in [0.25, 0.3) is 0 Å². The van der Waals surface area contributed by atoms with Crippen LogP contribution in [0.15, 0.2) is 0 Å². The average Bonchev–Trinajstić information content (AvgIpc) is 2.60. The fourth-order valence-corrected chi connectivity index (χ4v) is 2.48. The number of nitrogens with zero attached hydrogens (tertiary/aromatic N) is 1. The van der Waals surface area contributed by atoms with E-state index in [-0.39, 0.29) is 34.2 Å². The third kappa shape index (κ3) is 8.79. The van der Waals surface area contributed by atoms with E-state index in [1.165, 1.54) is 6.92 Å². The summed E-state index contributed by atoms with van der Waals surface area (Å²) in [4.78, 5) is 2.03. The lowest BCUT2D eigenvalue weighted by Gasteiger charge is -2.01. The Bertz CT molecular complexity index is 736. The number of nitrogens with one attached hydrogen (secondary N) is 1. The molecule has 0 aliphatic rings. The fraction of sp³-hybridized carbons (Fsp3) is 0.667. The summed E-state index contributed by atoms with van der Waals surface area (Å²) in [5.74, 6) is -1.49. The number of halogens is 4. The molecule has 1 heterocycles. The number of imidazole rings is 1. The van der Waals surface area contributed by atoms with Gasteiger partial charge >= 0.3 is 22.3 Å². The minimum Gasteiger partial charge on any atom is -0.726 e. The van der Waals surface area contributed by atoms with Crippen LogP contribution in [-0.2, 0) is 33.3 Å². The zero-order valence-corrected chi connectivity index (χ0v) is 14.8. The molecule has 0 aliphatic carbocycles. The molecular weight excluding hydrogens is 405 g/mol. The lowest BCUT2D eigenvalue weighted by molar-refractivity contribution is -0.554. The molecule has 144 valence electrons. The van der Waals surface area contributed by atoms with E-state index >= 15 is 0 Å². The predicted molar refractivity (Wildman–Crippen MR) is 75.9 cm³/mol. The molecule has 15 heteroatoms. The molecule has 24 heavy (non-hydrogen) atoms. The van der Waals surface area contributed by atoms with Gasteiger partial charge in [-0.25, -0.2) is 13.4 Å². The summed E-state index contributed by atoms with van der Waals surface area (Å²) >= 11 is 0. The van der Waals surface area contributed by atoms with Crippen molar-refractivity contribution in [2.75, 3.05) is 0 Å². The van der Waals surface area contributed by atoms with E-state index < -0.39 is 32.7 Å². The third-order valence-corrected chi connectivity index (χ3v) is 3.41. The predicted octanol–water partition coefficient (Wildman–Crippen LogP) is 1.05. The lowest BCUT2D eigenvalue weighted by Crippen LogP contribution is -2.49. The second-order valence-corrected chi connectivity index (χ2v) is 6.43. The van der Waals surface area contributed by atoms with Crippen molar-refractivity contribution >= 4 is 33.1 Å². The maximum absolute atomic E-state index is 12.7. The number of alkyl halides is 3. The number of hydrogen-bond acceptors (Lipinski definition) is 5. The highest BCUT2D eigenvalue weighted by molar-refractivity contribution is 7.79. The second kappa shape index (κ2) is 8.96. The molecule has 0 spiro atoms. The van der Waals surface area contributed by atoms with Crippen molar-refractivity contribution in [2.45, 2.75) is 39.3 Å².